The van der Waals surface area contributed by atoms with Crippen LogP contribution in [0.15, 0.2) is 12.1 Å². The van der Waals surface area contributed by atoms with Crippen molar-refractivity contribution in [2.24, 2.45) is 0 Å². The van der Waals surface area contributed by atoms with E-state index in [0.29, 0.717) is 0 Å². The number of nitrogens with zero attached hydrogens (tertiary/aromatic N) is 4. The Morgan fingerprint density at radius 2 is 1.69 bits per heavy atom. The molecule has 0 saturated heterocycles. The third-order valence-electron chi connectivity index (χ3n) is 6.08. The molecule has 158 valence electrons. The maximum Gasteiger partial charge on any atom is 0.232 e. The van der Waals surface area contributed by atoms with Crippen molar-refractivity contribution in [1.82, 2.24) is 9.97 Å². The van der Waals surface area contributed by atoms with E-state index in [-0.39, 0.29) is 0 Å². The molecule has 0 amide bonds. The van der Waals surface area contributed by atoms with Gasteiger partial charge < -0.3 is 9.80 Å². The van der Waals surface area contributed by atoms with Crippen LogP contribution in [0.5, 0.6) is 0 Å². The maximum atomic E-state index is 5.19. The third-order valence-corrected chi connectivity index (χ3v) is 6.08. The van der Waals surface area contributed by atoms with Crippen molar-refractivity contribution in [3.05, 3.63) is 40.1 Å². The lowest BCUT2D eigenvalue weighted by Crippen LogP contribution is -2.28. The summed E-state index contributed by atoms with van der Waals surface area (Å²) in [6, 6.07) is 4.52. The minimum absolute atomic E-state index is 0.848. The van der Waals surface area contributed by atoms with Gasteiger partial charge in [-0.15, -0.1) is 0 Å². The zero-order chi connectivity index (χ0) is 21.0. The number of fused-ring (bicyclic) bond motifs is 1. The molecule has 1 aromatic heterocycles. The Bertz CT molecular complexity index is 820. The van der Waals surface area contributed by atoms with E-state index in [4.69, 9.17) is 9.97 Å². The number of aromatic nitrogens is 2. The minimum Gasteiger partial charge on any atom is -0.356 e. The second kappa shape index (κ2) is 9.60. The van der Waals surface area contributed by atoms with E-state index < -0.39 is 0 Å². The minimum atomic E-state index is 0.848. The smallest absolute Gasteiger partial charge is 0.232 e. The molecule has 0 spiro atoms. The predicted octanol–water partition coefficient (Wildman–Crippen LogP) is 6.20. The van der Waals surface area contributed by atoms with Gasteiger partial charge >= 0.3 is 0 Å². The van der Waals surface area contributed by atoms with Gasteiger partial charge in [-0.05, 0) is 71.4 Å². The molecule has 0 fully saturated rings. The molecule has 1 aromatic carbocycles. The molecular formula is C25H38N4. The molecule has 1 aliphatic rings. The van der Waals surface area contributed by atoms with Crippen LogP contribution in [-0.2, 0) is 6.42 Å². The molecular weight excluding hydrogens is 356 g/mol. The SMILES string of the molecule is CCCCCN1CCCCc2c(C)nc(N(CC)c3c(C)cc(C)cc3C)nc21. The Hall–Kier alpha value is -2.10. The molecule has 3 rings (SSSR count). The molecule has 0 unspecified atom stereocenters. The highest BCUT2D eigenvalue weighted by Crippen LogP contribution is 2.34. The molecule has 0 atom stereocenters. The van der Waals surface area contributed by atoms with Gasteiger partial charge in [0.15, 0.2) is 0 Å². The molecule has 4 nitrogen and oxygen atoms in total. The highest BCUT2D eigenvalue weighted by Gasteiger charge is 2.23. The highest BCUT2D eigenvalue weighted by molar-refractivity contribution is 5.68. The summed E-state index contributed by atoms with van der Waals surface area (Å²) in [5.74, 6) is 2.03. The summed E-state index contributed by atoms with van der Waals surface area (Å²) >= 11 is 0. The zero-order valence-electron chi connectivity index (χ0n) is 19.3. The van der Waals surface area contributed by atoms with Crippen molar-refractivity contribution in [1.29, 1.82) is 0 Å². The first-order chi connectivity index (χ1) is 14.0. The average molecular weight is 395 g/mol. The molecule has 0 radical (unpaired) electrons. The fourth-order valence-electron chi connectivity index (χ4n) is 4.72. The fraction of sp³-hybridized carbons (Fsp3) is 0.600. The first kappa shape index (κ1) is 21.6. The average Bonchev–Trinajstić information content (AvgIpc) is 2.87. The number of rotatable bonds is 7. The van der Waals surface area contributed by atoms with E-state index in [9.17, 15) is 0 Å². The van der Waals surface area contributed by atoms with Crippen LogP contribution >= 0.6 is 0 Å². The number of unbranched alkanes of at least 4 members (excludes halogenated alkanes) is 2. The maximum absolute atomic E-state index is 5.19. The van der Waals surface area contributed by atoms with Crippen LogP contribution in [0.3, 0.4) is 0 Å². The normalized spacial score (nSPS) is 13.9. The number of benzene rings is 1. The lowest BCUT2D eigenvalue weighted by molar-refractivity contribution is 0.653. The van der Waals surface area contributed by atoms with Crippen molar-refractivity contribution >= 4 is 17.5 Å². The second-order valence-corrected chi connectivity index (χ2v) is 8.55. The summed E-state index contributed by atoms with van der Waals surface area (Å²) in [6.07, 6.45) is 7.35. The van der Waals surface area contributed by atoms with Crippen molar-refractivity contribution < 1.29 is 0 Å². The topological polar surface area (TPSA) is 32.3 Å². The van der Waals surface area contributed by atoms with Crippen molar-refractivity contribution in [3.63, 3.8) is 0 Å². The van der Waals surface area contributed by atoms with Crippen LogP contribution in [0.1, 0.15) is 73.9 Å². The van der Waals surface area contributed by atoms with Gasteiger partial charge in [0.05, 0.1) is 0 Å². The van der Waals surface area contributed by atoms with E-state index in [1.54, 1.807) is 0 Å². The van der Waals surface area contributed by atoms with E-state index in [1.807, 2.05) is 0 Å². The summed E-state index contributed by atoms with van der Waals surface area (Å²) in [7, 11) is 0. The quantitative estimate of drug-likeness (QED) is 0.523. The molecule has 0 saturated carbocycles. The van der Waals surface area contributed by atoms with Gasteiger partial charge in [-0.3, -0.25) is 0 Å². The number of anilines is 3. The Morgan fingerprint density at radius 1 is 0.966 bits per heavy atom. The molecule has 29 heavy (non-hydrogen) atoms. The van der Waals surface area contributed by atoms with Gasteiger partial charge in [-0.1, -0.05) is 37.5 Å². The molecule has 0 N–H and O–H groups in total. The van der Waals surface area contributed by atoms with E-state index >= 15 is 0 Å². The van der Waals surface area contributed by atoms with Crippen molar-refractivity contribution in [2.45, 2.75) is 80.1 Å². The lowest BCUT2D eigenvalue weighted by Gasteiger charge is -2.29. The fourth-order valence-corrected chi connectivity index (χ4v) is 4.72. The summed E-state index contributed by atoms with van der Waals surface area (Å²) < 4.78 is 0. The van der Waals surface area contributed by atoms with Crippen molar-refractivity contribution in [3.8, 4) is 0 Å². The van der Waals surface area contributed by atoms with Gasteiger partial charge in [0.25, 0.3) is 0 Å². The largest absolute Gasteiger partial charge is 0.356 e. The lowest BCUT2D eigenvalue weighted by atomic mass is 10.0. The number of aryl methyl sites for hydroxylation is 4. The van der Waals surface area contributed by atoms with Crippen LogP contribution in [0.25, 0.3) is 0 Å². The summed E-state index contributed by atoms with van der Waals surface area (Å²) in [5.41, 5.74) is 7.65. The number of hydrogen-bond acceptors (Lipinski definition) is 4. The Kier molecular flexibility index (Phi) is 7.15. The number of hydrogen-bond donors (Lipinski definition) is 0. The Labute approximate surface area is 177 Å². The molecule has 0 aliphatic carbocycles. The van der Waals surface area contributed by atoms with E-state index in [2.05, 4.69) is 63.5 Å². The summed E-state index contributed by atoms with van der Waals surface area (Å²) in [4.78, 5) is 15.0. The van der Waals surface area contributed by atoms with Gasteiger partial charge in [0.2, 0.25) is 5.95 Å². The highest BCUT2D eigenvalue weighted by atomic mass is 15.3. The molecule has 4 heteroatoms. The van der Waals surface area contributed by atoms with E-state index in [0.717, 1.165) is 37.7 Å². The molecule has 2 aromatic rings. The van der Waals surface area contributed by atoms with E-state index in [1.165, 1.54) is 65.9 Å². The third kappa shape index (κ3) is 4.73. The van der Waals surface area contributed by atoms with Crippen LogP contribution in [0, 0.1) is 27.7 Å². The summed E-state index contributed by atoms with van der Waals surface area (Å²) in [6.45, 7) is 16.3. The summed E-state index contributed by atoms with van der Waals surface area (Å²) in [5, 5.41) is 0. The molecule has 2 heterocycles. The van der Waals surface area contributed by atoms with Crippen LogP contribution in [0.2, 0.25) is 0 Å². The van der Waals surface area contributed by atoms with Crippen LogP contribution < -0.4 is 9.80 Å². The monoisotopic (exact) mass is 394 g/mol. The molecule has 1 aliphatic heterocycles. The molecule has 0 bridgehead atoms. The first-order valence-electron chi connectivity index (χ1n) is 11.4. The second-order valence-electron chi connectivity index (χ2n) is 8.55. The first-order valence-corrected chi connectivity index (χ1v) is 11.4. The van der Waals surface area contributed by atoms with Gasteiger partial charge in [0, 0.05) is 36.6 Å². The standard InChI is InChI=1S/C25H38N4/c1-7-9-11-14-28-15-12-10-13-22-21(6)26-25(27-24(22)28)29(8-2)23-19(4)16-18(3)17-20(23)5/h16-17H,7-15H2,1-6H3. The Morgan fingerprint density at radius 3 is 2.34 bits per heavy atom. The van der Waals surface area contributed by atoms with Crippen molar-refractivity contribution in [2.75, 3.05) is 29.4 Å². The Balaban J connectivity index is 2.05. The van der Waals surface area contributed by atoms with Gasteiger partial charge in [-0.2, -0.15) is 4.98 Å². The van der Waals surface area contributed by atoms with Crippen LogP contribution in [0.4, 0.5) is 17.5 Å². The zero-order valence-corrected chi connectivity index (χ0v) is 19.3. The predicted molar refractivity (Wildman–Crippen MR) is 125 cm³/mol. The van der Waals surface area contributed by atoms with Crippen LogP contribution in [-0.4, -0.2) is 29.6 Å². The van der Waals surface area contributed by atoms with Gasteiger partial charge in [0.1, 0.15) is 5.82 Å². The van der Waals surface area contributed by atoms with Gasteiger partial charge in [-0.25, -0.2) is 4.98 Å².